The van der Waals surface area contributed by atoms with Gasteiger partial charge in [-0.15, -0.1) is 0 Å². The molecule has 5 heteroatoms. The molecule has 0 fully saturated rings. The molecule has 0 unspecified atom stereocenters. The molecule has 8 rings (SSSR count). The summed E-state index contributed by atoms with van der Waals surface area (Å²) in [5.41, 5.74) is 6.88. The molecular formula is C37H25N5. The number of pyridine rings is 1. The SMILES string of the molecule is Cn1ccc2nc(-c3nc(-c4ccc(-c5ccccc5)cc4)nc(-c4cc5ccccc5c5ccccc45)n3)ccc21. The van der Waals surface area contributed by atoms with Gasteiger partial charge in [0.2, 0.25) is 0 Å². The lowest BCUT2D eigenvalue weighted by atomic mass is 9.97. The first-order chi connectivity index (χ1) is 20.7. The van der Waals surface area contributed by atoms with Crippen molar-refractivity contribution in [2.75, 3.05) is 0 Å². The Morgan fingerprint density at radius 2 is 1.12 bits per heavy atom. The number of benzene rings is 5. The van der Waals surface area contributed by atoms with Crippen LogP contribution in [-0.4, -0.2) is 24.5 Å². The fourth-order valence-electron chi connectivity index (χ4n) is 5.70. The molecule has 8 aromatic rings. The maximum Gasteiger partial charge on any atom is 0.182 e. The van der Waals surface area contributed by atoms with Crippen molar-refractivity contribution in [1.82, 2.24) is 24.5 Å². The van der Waals surface area contributed by atoms with Crippen molar-refractivity contribution >= 4 is 32.6 Å². The fraction of sp³-hybridized carbons (Fsp3) is 0.0270. The number of aromatic nitrogens is 5. The molecule has 3 heterocycles. The first kappa shape index (κ1) is 24.1. The van der Waals surface area contributed by atoms with Gasteiger partial charge in [-0.1, -0.05) is 103 Å². The largest absolute Gasteiger partial charge is 0.349 e. The minimum atomic E-state index is 0.546. The molecule has 0 aliphatic heterocycles. The summed E-state index contributed by atoms with van der Waals surface area (Å²) in [6.07, 6.45) is 2.02. The van der Waals surface area contributed by atoms with E-state index in [1.807, 2.05) is 31.4 Å². The van der Waals surface area contributed by atoms with E-state index in [0.29, 0.717) is 23.2 Å². The quantitative estimate of drug-likeness (QED) is 0.210. The first-order valence-corrected chi connectivity index (χ1v) is 14.0. The van der Waals surface area contributed by atoms with Gasteiger partial charge in [0.25, 0.3) is 0 Å². The van der Waals surface area contributed by atoms with E-state index in [1.165, 1.54) is 16.3 Å². The van der Waals surface area contributed by atoms with Gasteiger partial charge in [-0.05, 0) is 56.9 Å². The van der Waals surface area contributed by atoms with Crippen molar-refractivity contribution in [1.29, 1.82) is 0 Å². The molecule has 0 aliphatic carbocycles. The van der Waals surface area contributed by atoms with Crippen LogP contribution in [-0.2, 0) is 7.05 Å². The minimum absolute atomic E-state index is 0.546. The highest BCUT2D eigenvalue weighted by atomic mass is 15.0. The third-order valence-corrected chi connectivity index (χ3v) is 7.86. The predicted molar refractivity (Wildman–Crippen MR) is 171 cm³/mol. The van der Waals surface area contributed by atoms with Crippen LogP contribution in [0.25, 0.3) is 78.0 Å². The summed E-state index contributed by atoms with van der Waals surface area (Å²) < 4.78 is 2.06. The lowest BCUT2D eigenvalue weighted by Gasteiger charge is -2.12. The second kappa shape index (κ2) is 9.75. The zero-order valence-electron chi connectivity index (χ0n) is 22.9. The average Bonchev–Trinajstić information content (AvgIpc) is 3.44. The van der Waals surface area contributed by atoms with Crippen LogP contribution < -0.4 is 0 Å². The van der Waals surface area contributed by atoms with Gasteiger partial charge < -0.3 is 4.57 Å². The molecule has 42 heavy (non-hydrogen) atoms. The molecular weight excluding hydrogens is 514 g/mol. The highest BCUT2D eigenvalue weighted by Crippen LogP contribution is 2.35. The van der Waals surface area contributed by atoms with E-state index < -0.39 is 0 Å². The molecule has 5 aromatic carbocycles. The Morgan fingerprint density at radius 1 is 0.476 bits per heavy atom. The van der Waals surface area contributed by atoms with Crippen LogP contribution in [0, 0.1) is 0 Å². The minimum Gasteiger partial charge on any atom is -0.349 e. The van der Waals surface area contributed by atoms with Crippen LogP contribution in [0.15, 0.2) is 134 Å². The summed E-state index contributed by atoms with van der Waals surface area (Å²) in [6.45, 7) is 0. The van der Waals surface area contributed by atoms with Crippen LogP contribution in [0.3, 0.4) is 0 Å². The van der Waals surface area contributed by atoms with Crippen molar-refractivity contribution in [2.45, 2.75) is 0 Å². The molecule has 0 N–H and O–H groups in total. The molecule has 0 saturated carbocycles. The third kappa shape index (κ3) is 4.11. The molecule has 0 spiro atoms. The summed E-state index contributed by atoms with van der Waals surface area (Å²) in [6, 6.07) is 43.9. The van der Waals surface area contributed by atoms with E-state index in [9.17, 15) is 0 Å². The lowest BCUT2D eigenvalue weighted by molar-refractivity contribution is 0.968. The van der Waals surface area contributed by atoms with Crippen LogP contribution in [0.4, 0.5) is 0 Å². The molecule has 0 amide bonds. The Hall–Kier alpha value is -5.68. The third-order valence-electron chi connectivity index (χ3n) is 7.86. The van der Waals surface area contributed by atoms with Gasteiger partial charge in [0.05, 0.1) is 11.0 Å². The lowest BCUT2D eigenvalue weighted by Crippen LogP contribution is -2.02. The van der Waals surface area contributed by atoms with E-state index in [1.54, 1.807) is 0 Å². The Labute approximate surface area is 242 Å². The maximum absolute atomic E-state index is 5.07. The number of hydrogen-bond acceptors (Lipinski definition) is 4. The number of fused-ring (bicyclic) bond motifs is 4. The Balaban J connectivity index is 1.35. The topological polar surface area (TPSA) is 56.5 Å². The van der Waals surface area contributed by atoms with E-state index in [4.69, 9.17) is 19.9 Å². The predicted octanol–water partition coefficient (Wildman–Crippen LogP) is 8.73. The van der Waals surface area contributed by atoms with Gasteiger partial charge in [0, 0.05) is 24.4 Å². The van der Waals surface area contributed by atoms with Crippen LogP contribution in [0.2, 0.25) is 0 Å². The summed E-state index contributed by atoms with van der Waals surface area (Å²) in [7, 11) is 2.02. The zero-order valence-corrected chi connectivity index (χ0v) is 22.9. The second-order valence-corrected chi connectivity index (χ2v) is 10.5. The van der Waals surface area contributed by atoms with Crippen LogP contribution in [0.1, 0.15) is 0 Å². The highest BCUT2D eigenvalue weighted by molar-refractivity contribution is 6.13. The summed E-state index contributed by atoms with van der Waals surface area (Å²) >= 11 is 0. The van der Waals surface area contributed by atoms with Crippen LogP contribution >= 0.6 is 0 Å². The van der Waals surface area contributed by atoms with E-state index in [2.05, 4.69) is 114 Å². The zero-order chi connectivity index (χ0) is 28.0. The van der Waals surface area contributed by atoms with Crippen molar-refractivity contribution in [3.63, 3.8) is 0 Å². The number of rotatable bonds is 4. The molecule has 0 saturated heterocycles. The van der Waals surface area contributed by atoms with Gasteiger partial charge in [-0.25, -0.2) is 19.9 Å². The first-order valence-electron chi connectivity index (χ1n) is 14.0. The molecule has 0 bridgehead atoms. The summed E-state index contributed by atoms with van der Waals surface area (Å²) in [5.74, 6) is 1.78. The Bertz CT molecular complexity index is 2250. The molecule has 5 nitrogen and oxygen atoms in total. The Morgan fingerprint density at radius 3 is 1.95 bits per heavy atom. The molecule has 3 aromatic heterocycles. The van der Waals surface area contributed by atoms with Crippen molar-refractivity contribution in [2.24, 2.45) is 7.05 Å². The van der Waals surface area contributed by atoms with Gasteiger partial charge in [0.15, 0.2) is 17.5 Å². The van der Waals surface area contributed by atoms with E-state index in [0.717, 1.165) is 38.5 Å². The average molecular weight is 540 g/mol. The maximum atomic E-state index is 5.07. The normalized spacial score (nSPS) is 11.5. The van der Waals surface area contributed by atoms with E-state index >= 15 is 0 Å². The van der Waals surface area contributed by atoms with Gasteiger partial charge in [-0.3, -0.25) is 0 Å². The number of nitrogens with zero attached hydrogens (tertiary/aromatic N) is 5. The van der Waals surface area contributed by atoms with Crippen molar-refractivity contribution in [3.05, 3.63) is 134 Å². The van der Waals surface area contributed by atoms with Crippen LogP contribution in [0.5, 0.6) is 0 Å². The standard InChI is InChI=1S/C37H25N5/c1-42-22-21-32-34(42)20-19-33(38-32)37-40-35(26-17-15-25(16-18-26)24-9-3-2-4-10-24)39-36(41-37)31-23-27-11-5-6-12-28(27)29-13-7-8-14-30(29)31/h2-23H,1H3. The summed E-state index contributed by atoms with van der Waals surface area (Å²) in [5, 5.41) is 4.63. The fourth-order valence-corrected chi connectivity index (χ4v) is 5.70. The molecule has 0 radical (unpaired) electrons. The molecule has 0 atom stereocenters. The molecule has 198 valence electrons. The summed E-state index contributed by atoms with van der Waals surface area (Å²) in [4.78, 5) is 20.0. The smallest absolute Gasteiger partial charge is 0.182 e. The van der Waals surface area contributed by atoms with Crippen molar-refractivity contribution in [3.8, 4) is 45.4 Å². The van der Waals surface area contributed by atoms with Crippen molar-refractivity contribution < 1.29 is 0 Å². The van der Waals surface area contributed by atoms with Gasteiger partial charge >= 0.3 is 0 Å². The second-order valence-electron chi connectivity index (χ2n) is 10.5. The van der Waals surface area contributed by atoms with E-state index in [-0.39, 0.29) is 0 Å². The van der Waals surface area contributed by atoms with Gasteiger partial charge in [-0.2, -0.15) is 0 Å². The monoisotopic (exact) mass is 539 g/mol. The number of hydrogen-bond donors (Lipinski definition) is 0. The molecule has 0 aliphatic rings. The number of aryl methyl sites for hydroxylation is 1. The Kier molecular flexibility index (Phi) is 5.61. The highest BCUT2D eigenvalue weighted by Gasteiger charge is 2.17. The van der Waals surface area contributed by atoms with Gasteiger partial charge in [0.1, 0.15) is 5.69 Å².